The first-order valence-corrected chi connectivity index (χ1v) is 13.6. The minimum absolute atomic E-state index is 0.200. The summed E-state index contributed by atoms with van der Waals surface area (Å²) in [5.41, 5.74) is 2.09. The van der Waals surface area contributed by atoms with Gasteiger partial charge in [0.05, 0.1) is 41.1 Å². The van der Waals surface area contributed by atoms with E-state index in [1.807, 2.05) is 60.7 Å². The van der Waals surface area contributed by atoms with Gasteiger partial charge in [-0.25, -0.2) is 9.79 Å². The highest BCUT2D eigenvalue weighted by Crippen LogP contribution is 2.40. The summed E-state index contributed by atoms with van der Waals surface area (Å²) in [6.45, 7) is 3.73. The van der Waals surface area contributed by atoms with Crippen molar-refractivity contribution in [1.82, 2.24) is 4.57 Å². The number of methoxy groups -OCH3 is 2. The fourth-order valence-corrected chi connectivity index (χ4v) is 6.33. The second-order valence-electron chi connectivity index (χ2n) is 8.60. The summed E-state index contributed by atoms with van der Waals surface area (Å²) < 4.78 is 19.4. The average Bonchev–Trinajstić information content (AvgIpc) is 3.21. The number of carbonyl (C=O) groups excluding carboxylic acids is 1. The van der Waals surface area contributed by atoms with E-state index in [1.54, 1.807) is 32.6 Å². The summed E-state index contributed by atoms with van der Waals surface area (Å²) in [4.78, 5) is 32.5. The fraction of sp³-hybridized carbons (Fsp3) is 0.207. The van der Waals surface area contributed by atoms with Crippen LogP contribution in [-0.4, -0.2) is 31.4 Å². The van der Waals surface area contributed by atoms with Crippen molar-refractivity contribution in [2.24, 2.45) is 4.99 Å². The zero-order chi connectivity index (χ0) is 27.0. The molecule has 0 N–H and O–H groups in total. The third kappa shape index (κ3) is 4.46. The molecular weight excluding hydrogens is 568 g/mol. The molecule has 0 saturated carbocycles. The average molecular weight is 593 g/mol. The molecule has 3 aromatic carbocycles. The number of thiazole rings is 1. The number of esters is 1. The number of nitrogens with zero attached hydrogens (tertiary/aromatic N) is 2. The second-order valence-corrected chi connectivity index (χ2v) is 10.5. The van der Waals surface area contributed by atoms with Crippen LogP contribution in [0.1, 0.15) is 31.0 Å². The summed E-state index contributed by atoms with van der Waals surface area (Å²) in [6.07, 6.45) is 1.81. The Bertz CT molecular complexity index is 1790. The van der Waals surface area contributed by atoms with Crippen molar-refractivity contribution in [3.8, 4) is 11.5 Å². The molecule has 0 fully saturated rings. The van der Waals surface area contributed by atoms with E-state index >= 15 is 0 Å². The predicted octanol–water partition coefficient (Wildman–Crippen LogP) is 4.73. The highest BCUT2D eigenvalue weighted by atomic mass is 79.9. The Labute approximate surface area is 231 Å². The molecule has 2 heterocycles. The Morgan fingerprint density at radius 3 is 2.55 bits per heavy atom. The first-order valence-electron chi connectivity index (χ1n) is 12.0. The normalized spacial score (nSPS) is 15.3. The molecule has 7 nitrogen and oxygen atoms in total. The molecule has 0 radical (unpaired) electrons. The lowest BCUT2D eigenvalue weighted by Gasteiger charge is -2.27. The van der Waals surface area contributed by atoms with E-state index in [9.17, 15) is 9.59 Å². The van der Waals surface area contributed by atoms with Crippen LogP contribution in [0.2, 0.25) is 0 Å². The third-order valence-electron chi connectivity index (χ3n) is 6.41. The van der Waals surface area contributed by atoms with Gasteiger partial charge in [0.2, 0.25) is 0 Å². The van der Waals surface area contributed by atoms with Gasteiger partial charge in [-0.05, 0) is 70.4 Å². The first kappa shape index (κ1) is 25.9. The first-order chi connectivity index (χ1) is 18.4. The maximum absolute atomic E-state index is 14.0. The van der Waals surface area contributed by atoms with Gasteiger partial charge >= 0.3 is 5.97 Å². The highest BCUT2D eigenvalue weighted by molar-refractivity contribution is 9.10. The Morgan fingerprint density at radius 2 is 1.84 bits per heavy atom. The van der Waals surface area contributed by atoms with Gasteiger partial charge in [-0.2, -0.15) is 0 Å². The van der Waals surface area contributed by atoms with Crippen LogP contribution in [-0.2, 0) is 9.53 Å². The number of allylic oxidation sites excluding steroid dienone is 1. The molecule has 9 heteroatoms. The fourth-order valence-electron chi connectivity index (χ4n) is 4.72. The van der Waals surface area contributed by atoms with Crippen molar-refractivity contribution in [1.29, 1.82) is 0 Å². The van der Waals surface area contributed by atoms with E-state index in [1.165, 1.54) is 11.3 Å². The van der Waals surface area contributed by atoms with Crippen LogP contribution in [0.15, 0.2) is 80.1 Å². The lowest BCUT2D eigenvalue weighted by Crippen LogP contribution is -2.40. The Balaban J connectivity index is 1.82. The van der Waals surface area contributed by atoms with Crippen LogP contribution in [0.5, 0.6) is 11.5 Å². The highest BCUT2D eigenvalue weighted by Gasteiger charge is 2.36. The minimum Gasteiger partial charge on any atom is -0.496 e. The Hall–Kier alpha value is -3.69. The van der Waals surface area contributed by atoms with E-state index in [2.05, 4.69) is 20.9 Å². The van der Waals surface area contributed by atoms with Crippen molar-refractivity contribution < 1.29 is 19.0 Å². The number of hydrogen-bond donors (Lipinski definition) is 0. The largest absolute Gasteiger partial charge is 0.496 e. The molecule has 1 atom stereocenters. The molecule has 4 aromatic rings. The number of hydrogen-bond acceptors (Lipinski definition) is 7. The van der Waals surface area contributed by atoms with Gasteiger partial charge in [0.1, 0.15) is 17.5 Å². The van der Waals surface area contributed by atoms with Gasteiger partial charge in [0.25, 0.3) is 5.56 Å². The molecule has 0 saturated heterocycles. The molecule has 1 aliphatic heterocycles. The van der Waals surface area contributed by atoms with Gasteiger partial charge in [0, 0.05) is 5.56 Å². The van der Waals surface area contributed by atoms with Gasteiger partial charge in [-0.1, -0.05) is 47.7 Å². The van der Waals surface area contributed by atoms with Crippen molar-refractivity contribution in [2.75, 3.05) is 20.8 Å². The van der Waals surface area contributed by atoms with Crippen LogP contribution >= 0.6 is 27.3 Å². The SMILES string of the molecule is CCOC(=O)C1=C(C)N=c2s/c(=C/c3ccc(OC)c(Br)c3)c(=O)n2[C@@H]1c1c(OC)ccc2ccccc12. The molecule has 38 heavy (non-hydrogen) atoms. The number of fused-ring (bicyclic) bond motifs is 2. The molecule has 1 aromatic heterocycles. The summed E-state index contributed by atoms with van der Waals surface area (Å²) in [5, 5.41) is 1.84. The zero-order valence-corrected chi connectivity index (χ0v) is 23.7. The molecule has 0 unspecified atom stereocenters. The van der Waals surface area contributed by atoms with Crippen LogP contribution < -0.4 is 24.4 Å². The molecule has 0 spiro atoms. The van der Waals surface area contributed by atoms with E-state index in [0.717, 1.165) is 20.8 Å². The topological polar surface area (TPSA) is 79.1 Å². The minimum atomic E-state index is -0.781. The van der Waals surface area contributed by atoms with Crippen molar-refractivity contribution >= 4 is 50.1 Å². The number of aromatic nitrogens is 1. The molecule has 0 bridgehead atoms. The number of carbonyl (C=O) groups is 1. The third-order valence-corrected chi connectivity index (χ3v) is 8.02. The molecule has 0 amide bonds. The number of rotatable bonds is 6. The van der Waals surface area contributed by atoms with Crippen LogP contribution in [0, 0.1) is 0 Å². The lowest BCUT2D eigenvalue weighted by atomic mass is 9.90. The van der Waals surface area contributed by atoms with Crippen molar-refractivity contribution in [3.63, 3.8) is 0 Å². The van der Waals surface area contributed by atoms with E-state index in [0.29, 0.717) is 37.7 Å². The number of halogens is 1. The molecular formula is C29H25BrN2O5S. The summed E-state index contributed by atoms with van der Waals surface area (Å²) in [5.74, 6) is 0.752. The van der Waals surface area contributed by atoms with Gasteiger partial charge in [-0.3, -0.25) is 9.36 Å². The lowest BCUT2D eigenvalue weighted by molar-refractivity contribution is -0.139. The van der Waals surface area contributed by atoms with Gasteiger partial charge in [-0.15, -0.1) is 0 Å². The van der Waals surface area contributed by atoms with Gasteiger partial charge in [0.15, 0.2) is 4.80 Å². The summed E-state index contributed by atoms with van der Waals surface area (Å²) in [7, 11) is 3.18. The monoisotopic (exact) mass is 592 g/mol. The maximum Gasteiger partial charge on any atom is 0.338 e. The smallest absolute Gasteiger partial charge is 0.338 e. The van der Waals surface area contributed by atoms with Crippen LogP contribution in [0.4, 0.5) is 0 Å². The summed E-state index contributed by atoms with van der Waals surface area (Å²) in [6, 6.07) is 16.5. The summed E-state index contributed by atoms with van der Waals surface area (Å²) >= 11 is 4.78. The quantitative estimate of drug-likeness (QED) is 0.302. The zero-order valence-electron chi connectivity index (χ0n) is 21.3. The molecule has 1 aliphatic rings. The maximum atomic E-state index is 14.0. The standard InChI is InChI=1S/C29H25BrN2O5S/c1-5-37-28(34)24-16(2)31-29-32(26(24)25-19-9-7-6-8-18(19)11-13-22(25)36-4)27(33)23(38-29)15-17-10-12-21(35-3)20(30)14-17/h6-15,26H,5H2,1-4H3/b23-15+/t26-/m0/s1. The predicted molar refractivity (Wildman–Crippen MR) is 152 cm³/mol. The van der Waals surface area contributed by atoms with Crippen LogP contribution in [0.3, 0.4) is 0 Å². The van der Waals surface area contributed by atoms with Crippen molar-refractivity contribution in [3.05, 3.63) is 101 Å². The number of benzene rings is 3. The molecule has 5 rings (SSSR count). The van der Waals surface area contributed by atoms with E-state index in [4.69, 9.17) is 14.2 Å². The van der Waals surface area contributed by atoms with E-state index < -0.39 is 12.0 Å². The van der Waals surface area contributed by atoms with Crippen molar-refractivity contribution in [2.45, 2.75) is 19.9 Å². The Morgan fingerprint density at radius 1 is 1.11 bits per heavy atom. The van der Waals surface area contributed by atoms with E-state index in [-0.39, 0.29) is 12.2 Å². The Kier molecular flexibility index (Phi) is 7.23. The molecule has 0 aliphatic carbocycles. The van der Waals surface area contributed by atoms with Crippen LogP contribution in [0.25, 0.3) is 16.8 Å². The number of ether oxygens (including phenoxy) is 3. The molecule has 194 valence electrons. The second kappa shape index (κ2) is 10.6. The van der Waals surface area contributed by atoms with Gasteiger partial charge < -0.3 is 14.2 Å².